The fourth-order valence-electron chi connectivity index (χ4n) is 8.57. The van der Waals surface area contributed by atoms with Crippen molar-refractivity contribution < 1.29 is 23.3 Å². The number of halogens is 1. The van der Waals surface area contributed by atoms with Crippen molar-refractivity contribution in [3.63, 3.8) is 0 Å². The molecule has 2 saturated carbocycles. The number of benzene rings is 2. The smallest absolute Gasteiger partial charge is 0.285 e. The highest BCUT2D eigenvalue weighted by Crippen LogP contribution is 2.47. The van der Waals surface area contributed by atoms with Crippen LogP contribution in [0.15, 0.2) is 52.9 Å². The molecule has 258 valence electrons. The Bertz CT molecular complexity index is 1710. The van der Waals surface area contributed by atoms with Crippen molar-refractivity contribution in [2.24, 2.45) is 28.0 Å². The first kappa shape index (κ1) is 33.8. The van der Waals surface area contributed by atoms with Gasteiger partial charge in [0.15, 0.2) is 0 Å². The lowest BCUT2D eigenvalue weighted by atomic mass is 9.68. The number of carbonyl (C=O) groups excluding carboxylic acids is 2. The highest BCUT2D eigenvalue weighted by Gasteiger charge is 2.44. The van der Waals surface area contributed by atoms with Crippen molar-refractivity contribution in [3.05, 3.63) is 70.3 Å². The second kappa shape index (κ2) is 13.9. The lowest BCUT2D eigenvalue weighted by Crippen LogP contribution is -2.49. The standard InChI is InChI=1S/C39H49ClN2O5S/c1-26-5-3-7-36(46-2)33-15-11-30(33)21-42-24-39(18-4-6-28-19-31(40)13-16-34(28)39)25-47-37-17-12-29(20-35(37)42)38(44)41-48(45,22-26)23-32(43)14-10-27-8-9-27/h3,7,12-13,16-17,19-20,26-27,30,33,36H,4-6,8-11,14-15,18,21-25H2,1-2H3/b7-3+/t26-,30-,33+,36-,39-,48+/m0/s1. The molecule has 6 atom stereocenters. The van der Waals surface area contributed by atoms with Gasteiger partial charge in [-0.05, 0) is 110 Å². The second-order valence-corrected chi connectivity index (χ2v) is 18.0. The molecule has 7 nitrogen and oxygen atoms in total. The molecule has 0 N–H and O–H groups in total. The van der Waals surface area contributed by atoms with Gasteiger partial charge in [-0.15, -0.1) is 0 Å². The maximum atomic E-state index is 14.4. The molecule has 0 saturated heterocycles. The third-order valence-corrected chi connectivity index (χ3v) is 14.1. The van der Waals surface area contributed by atoms with Gasteiger partial charge in [0.05, 0.1) is 33.9 Å². The molecular formula is C39H49ClN2O5S. The Labute approximate surface area is 291 Å². The Morgan fingerprint density at radius 1 is 1.17 bits per heavy atom. The van der Waals surface area contributed by atoms with E-state index in [0.717, 1.165) is 68.1 Å². The molecule has 1 spiro atoms. The fraction of sp³-hybridized carbons (Fsp3) is 0.590. The largest absolute Gasteiger partial charge is 0.490 e. The van der Waals surface area contributed by atoms with E-state index < -0.39 is 15.6 Å². The topological polar surface area (TPSA) is 85.3 Å². The predicted octanol–water partition coefficient (Wildman–Crippen LogP) is 7.82. The van der Waals surface area contributed by atoms with Crippen molar-refractivity contribution in [2.45, 2.75) is 82.7 Å². The van der Waals surface area contributed by atoms with E-state index in [0.29, 0.717) is 42.8 Å². The summed E-state index contributed by atoms with van der Waals surface area (Å²) in [5.41, 5.74) is 3.61. The van der Waals surface area contributed by atoms with Crippen LogP contribution < -0.4 is 9.64 Å². The summed E-state index contributed by atoms with van der Waals surface area (Å²) in [6.45, 7) is 4.14. The van der Waals surface area contributed by atoms with E-state index in [-0.39, 0.29) is 34.7 Å². The lowest BCUT2D eigenvalue weighted by molar-refractivity contribution is -0.116. The van der Waals surface area contributed by atoms with Gasteiger partial charge >= 0.3 is 0 Å². The summed E-state index contributed by atoms with van der Waals surface area (Å²) < 4.78 is 31.5. The van der Waals surface area contributed by atoms with E-state index in [1.807, 2.05) is 25.1 Å². The van der Waals surface area contributed by atoms with E-state index in [4.69, 9.17) is 21.1 Å². The van der Waals surface area contributed by atoms with Gasteiger partial charge in [0.25, 0.3) is 5.91 Å². The van der Waals surface area contributed by atoms with E-state index >= 15 is 0 Å². The SMILES string of the molecule is CO[C@H]1/C=C/C[C@H](C)C[S@@](=O)(CC(=O)CCC2CC2)=NC(=O)c2ccc3c(c2)N(C[C@@H]2CC[C@H]21)C[C@@]1(CCCc2cc(Cl)ccc21)CO3. The maximum Gasteiger partial charge on any atom is 0.285 e. The van der Waals surface area contributed by atoms with Gasteiger partial charge in [-0.3, -0.25) is 9.59 Å². The molecular weight excluding hydrogens is 644 g/mol. The average Bonchev–Trinajstić information content (AvgIpc) is 3.88. The molecule has 0 radical (unpaired) electrons. The number of ketones is 1. The number of fused-ring (bicyclic) bond motifs is 4. The molecule has 3 aliphatic carbocycles. The van der Waals surface area contributed by atoms with Gasteiger partial charge in [-0.25, -0.2) is 4.21 Å². The molecule has 0 aromatic heterocycles. The first-order valence-electron chi connectivity index (χ1n) is 17.9. The molecule has 2 heterocycles. The van der Waals surface area contributed by atoms with Crippen LogP contribution in [0.5, 0.6) is 5.75 Å². The minimum absolute atomic E-state index is 0.00971. The van der Waals surface area contributed by atoms with Crippen LogP contribution in [0, 0.1) is 23.7 Å². The molecule has 7 rings (SSSR count). The summed E-state index contributed by atoms with van der Waals surface area (Å²) in [7, 11) is -1.33. The molecule has 2 aromatic rings. The summed E-state index contributed by atoms with van der Waals surface area (Å²) in [6, 6.07) is 11.8. The van der Waals surface area contributed by atoms with Gasteiger partial charge in [0.2, 0.25) is 0 Å². The van der Waals surface area contributed by atoms with Gasteiger partial charge in [-0.1, -0.05) is 49.6 Å². The Kier molecular flexibility index (Phi) is 9.80. The molecule has 2 aromatic carbocycles. The Hall–Kier alpha value is -2.68. The van der Waals surface area contributed by atoms with Gasteiger partial charge in [-0.2, -0.15) is 4.36 Å². The van der Waals surface area contributed by atoms with Crippen LogP contribution >= 0.6 is 11.6 Å². The molecule has 2 fully saturated rings. The summed E-state index contributed by atoms with van der Waals surface area (Å²) in [6.07, 6.45) is 13.8. The summed E-state index contributed by atoms with van der Waals surface area (Å²) in [4.78, 5) is 29.4. The minimum atomic E-state index is -3.11. The number of ether oxygens (including phenoxy) is 2. The minimum Gasteiger partial charge on any atom is -0.490 e. The molecule has 2 aliphatic heterocycles. The van der Waals surface area contributed by atoms with Crippen molar-refractivity contribution in [1.82, 2.24) is 0 Å². The molecule has 48 heavy (non-hydrogen) atoms. The van der Waals surface area contributed by atoms with Crippen LogP contribution in [-0.2, 0) is 31.1 Å². The van der Waals surface area contributed by atoms with E-state index in [2.05, 4.69) is 33.5 Å². The summed E-state index contributed by atoms with van der Waals surface area (Å²) in [5, 5.41) is 0.757. The first-order valence-corrected chi connectivity index (χ1v) is 20.2. The Morgan fingerprint density at radius 3 is 2.79 bits per heavy atom. The quantitative estimate of drug-likeness (QED) is 0.287. The van der Waals surface area contributed by atoms with Crippen LogP contribution in [0.2, 0.25) is 5.02 Å². The number of amides is 1. The maximum absolute atomic E-state index is 14.4. The number of rotatable bonds is 6. The number of hydrogen-bond donors (Lipinski definition) is 0. The summed E-state index contributed by atoms with van der Waals surface area (Å²) >= 11 is 6.45. The number of Topliss-reactive ketones (excluding diaryl/α,β-unsaturated/α-hetero) is 1. The second-order valence-electron chi connectivity index (χ2n) is 15.3. The number of anilines is 1. The summed E-state index contributed by atoms with van der Waals surface area (Å²) in [5.74, 6) is 1.60. The first-order chi connectivity index (χ1) is 23.1. The van der Waals surface area contributed by atoms with Crippen LogP contribution in [0.1, 0.15) is 86.2 Å². The van der Waals surface area contributed by atoms with E-state index in [1.54, 1.807) is 13.2 Å². The fourth-order valence-corrected chi connectivity index (χ4v) is 11.1. The zero-order valence-corrected chi connectivity index (χ0v) is 29.9. The molecule has 9 heteroatoms. The van der Waals surface area contributed by atoms with Crippen LogP contribution in [-0.4, -0.2) is 60.3 Å². The van der Waals surface area contributed by atoms with Crippen molar-refractivity contribution in [1.29, 1.82) is 0 Å². The van der Waals surface area contributed by atoms with Crippen molar-refractivity contribution >= 4 is 38.7 Å². The zero-order chi connectivity index (χ0) is 33.5. The highest BCUT2D eigenvalue weighted by molar-refractivity contribution is 7.94. The number of hydrogen-bond acceptors (Lipinski definition) is 6. The number of aryl methyl sites for hydroxylation is 1. The Morgan fingerprint density at radius 2 is 2.02 bits per heavy atom. The van der Waals surface area contributed by atoms with Gasteiger partial charge < -0.3 is 14.4 Å². The van der Waals surface area contributed by atoms with Crippen molar-refractivity contribution in [3.8, 4) is 5.75 Å². The highest BCUT2D eigenvalue weighted by atomic mass is 35.5. The third kappa shape index (κ3) is 7.27. The van der Waals surface area contributed by atoms with Crippen molar-refractivity contribution in [2.75, 3.05) is 43.2 Å². The molecule has 5 aliphatic rings. The van der Waals surface area contributed by atoms with Crippen LogP contribution in [0.25, 0.3) is 0 Å². The normalized spacial score (nSPS) is 32.6. The van der Waals surface area contributed by atoms with Crippen LogP contribution in [0.3, 0.4) is 0 Å². The average molecular weight is 693 g/mol. The van der Waals surface area contributed by atoms with E-state index in [9.17, 15) is 13.8 Å². The molecule has 1 amide bonds. The monoisotopic (exact) mass is 692 g/mol. The van der Waals surface area contributed by atoms with Gasteiger partial charge in [0, 0.05) is 48.4 Å². The number of nitrogens with zero attached hydrogens (tertiary/aromatic N) is 2. The molecule has 0 unspecified atom stereocenters. The zero-order valence-electron chi connectivity index (χ0n) is 28.3. The Balaban J connectivity index is 1.28. The van der Waals surface area contributed by atoms with Crippen LogP contribution in [0.4, 0.5) is 5.69 Å². The van der Waals surface area contributed by atoms with E-state index in [1.165, 1.54) is 24.0 Å². The number of carbonyl (C=O) groups is 2. The lowest BCUT2D eigenvalue weighted by Gasteiger charge is -2.46. The number of methoxy groups -OCH3 is 1. The molecule has 2 bridgehead atoms. The third-order valence-electron chi connectivity index (χ3n) is 11.5. The predicted molar refractivity (Wildman–Crippen MR) is 192 cm³/mol. The van der Waals surface area contributed by atoms with Gasteiger partial charge in [0.1, 0.15) is 11.5 Å². The number of allylic oxidation sites excluding steroid dienone is 1.